The van der Waals surface area contributed by atoms with Crippen LogP contribution in [0.2, 0.25) is 0 Å². The van der Waals surface area contributed by atoms with Gasteiger partial charge in [0.15, 0.2) is 0 Å². The van der Waals surface area contributed by atoms with Crippen LogP contribution in [0.4, 0.5) is 5.69 Å². The molecule has 0 saturated heterocycles. The Kier molecular flexibility index (Phi) is 4.50. The van der Waals surface area contributed by atoms with Gasteiger partial charge in [0.2, 0.25) is 0 Å². The van der Waals surface area contributed by atoms with Crippen LogP contribution in [0.1, 0.15) is 55.6 Å². The first-order valence-electron chi connectivity index (χ1n) is 8.37. The van der Waals surface area contributed by atoms with Crippen molar-refractivity contribution in [2.24, 2.45) is 4.99 Å². The molecule has 0 unspecified atom stereocenters. The lowest BCUT2D eigenvalue weighted by atomic mass is 9.76. The molecule has 0 saturated carbocycles. The zero-order valence-corrected chi connectivity index (χ0v) is 15.9. The number of carbonyl (C=O) groups is 1. The molecule has 0 aliphatic carbocycles. The molecule has 0 spiro atoms. The first-order chi connectivity index (χ1) is 11.7. The van der Waals surface area contributed by atoms with Gasteiger partial charge in [-0.05, 0) is 59.4 Å². The molecule has 0 atom stereocenters. The van der Waals surface area contributed by atoms with Gasteiger partial charge in [-0.1, -0.05) is 33.8 Å². The summed E-state index contributed by atoms with van der Waals surface area (Å²) < 4.78 is 0.248. The molecule has 2 aromatic carbocycles. The first kappa shape index (κ1) is 17.7. The SMILES string of the molecule is CC1(C)CC(C)(C)c2cc(C=Nc3ccc(C(=O)O)cc3)ccc2S1. The molecule has 0 amide bonds. The van der Waals surface area contributed by atoms with Crippen molar-refractivity contribution in [2.75, 3.05) is 0 Å². The van der Waals surface area contributed by atoms with E-state index in [1.165, 1.54) is 10.5 Å². The zero-order chi connectivity index (χ0) is 18.2. The molecule has 2 aromatic rings. The number of thioether (sulfide) groups is 1. The van der Waals surface area contributed by atoms with E-state index in [2.05, 4.69) is 50.9 Å². The molecular formula is C21H23NO2S. The van der Waals surface area contributed by atoms with Gasteiger partial charge in [0.1, 0.15) is 0 Å². The van der Waals surface area contributed by atoms with Crippen LogP contribution in [0, 0.1) is 0 Å². The number of carboxylic acids is 1. The molecule has 0 radical (unpaired) electrons. The fourth-order valence-electron chi connectivity index (χ4n) is 3.58. The Hall–Kier alpha value is -2.07. The number of rotatable bonds is 3. The predicted molar refractivity (Wildman–Crippen MR) is 105 cm³/mol. The molecule has 3 nitrogen and oxygen atoms in total. The Bertz CT molecular complexity index is 835. The standard InChI is InChI=1S/C21H23NO2S/c1-20(2)13-21(3,4)25-18-10-5-14(11-17(18)20)12-22-16-8-6-15(7-9-16)19(23)24/h5-12H,13H2,1-4H3,(H,23,24). The molecule has 3 rings (SSSR count). The number of carboxylic acid groups (broad SMARTS) is 1. The summed E-state index contributed by atoms with van der Waals surface area (Å²) in [6, 6.07) is 13.1. The van der Waals surface area contributed by atoms with E-state index in [0.29, 0.717) is 0 Å². The van der Waals surface area contributed by atoms with Crippen molar-refractivity contribution in [3.8, 4) is 0 Å². The molecule has 1 N–H and O–H groups in total. The molecule has 25 heavy (non-hydrogen) atoms. The molecule has 0 aromatic heterocycles. The van der Waals surface area contributed by atoms with Crippen LogP contribution in [0.15, 0.2) is 52.4 Å². The van der Waals surface area contributed by atoms with E-state index in [0.717, 1.165) is 17.7 Å². The number of benzene rings is 2. The van der Waals surface area contributed by atoms with Crippen molar-refractivity contribution in [3.05, 3.63) is 59.2 Å². The molecular weight excluding hydrogens is 330 g/mol. The Morgan fingerprint density at radius 3 is 2.44 bits per heavy atom. The van der Waals surface area contributed by atoms with Crippen LogP contribution < -0.4 is 0 Å². The zero-order valence-electron chi connectivity index (χ0n) is 15.0. The van der Waals surface area contributed by atoms with Crippen molar-refractivity contribution >= 4 is 29.6 Å². The van der Waals surface area contributed by atoms with Gasteiger partial charge in [-0.15, -0.1) is 11.8 Å². The Morgan fingerprint density at radius 1 is 1.12 bits per heavy atom. The number of nitrogens with zero attached hydrogens (tertiary/aromatic N) is 1. The van der Waals surface area contributed by atoms with Crippen LogP contribution in [0.5, 0.6) is 0 Å². The van der Waals surface area contributed by atoms with Crippen LogP contribution >= 0.6 is 11.8 Å². The van der Waals surface area contributed by atoms with Gasteiger partial charge in [0.05, 0.1) is 11.3 Å². The number of hydrogen-bond donors (Lipinski definition) is 1. The van der Waals surface area contributed by atoms with Gasteiger partial charge in [-0.2, -0.15) is 0 Å². The molecule has 1 heterocycles. The molecule has 130 valence electrons. The summed E-state index contributed by atoms with van der Waals surface area (Å²) in [6.45, 7) is 9.22. The maximum atomic E-state index is 10.9. The van der Waals surface area contributed by atoms with E-state index in [9.17, 15) is 4.79 Å². The summed E-state index contributed by atoms with van der Waals surface area (Å²) in [4.78, 5) is 16.7. The lowest BCUT2D eigenvalue weighted by Crippen LogP contribution is -2.33. The number of hydrogen-bond acceptors (Lipinski definition) is 3. The summed E-state index contributed by atoms with van der Waals surface area (Å²) >= 11 is 1.94. The maximum Gasteiger partial charge on any atom is 0.335 e. The molecule has 4 heteroatoms. The summed E-state index contributed by atoms with van der Waals surface area (Å²) in [6.07, 6.45) is 2.98. The molecule has 0 fully saturated rings. The van der Waals surface area contributed by atoms with Gasteiger partial charge in [0, 0.05) is 15.9 Å². The number of fused-ring (bicyclic) bond motifs is 1. The second-order valence-electron chi connectivity index (χ2n) is 7.79. The van der Waals surface area contributed by atoms with Crippen molar-refractivity contribution in [1.82, 2.24) is 0 Å². The van der Waals surface area contributed by atoms with E-state index in [4.69, 9.17) is 5.11 Å². The van der Waals surface area contributed by atoms with Crippen molar-refractivity contribution in [2.45, 2.75) is 49.2 Å². The minimum Gasteiger partial charge on any atom is -0.478 e. The minimum absolute atomic E-state index is 0.136. The van der Waals surface area contributed by atoms with E-state index in [1.807, 2.05) is 18.0 Å². The highest BCUT2D eigenvalue weighted by Gasteiger charge is 2.37. The predicted octanol–water partition coefficient (Wildman–Crippen LogP) is 5.69. The largest absolute Gasteiger partial charge is 0.478 e. The van der Waals surface area contributed by atoms with Crippen molar-refractivity contribution in [1.29, 1.82) is 0 Å². The Balaban J connectivity index is 1.86. The highest BCUT2D eigenvalue weighted by Crippen LogP contribution is 2.50. The average molecular weight is 353 g/mol. The monoisotopic (exact) mass is 353 g/mol. The fourth-order valence-corrected chi connectivity index (χ4v) is 5.19. The van der Waals surface area contributed by atoms with Crippen molar-refractivity contribution < 1.29 is 9.90 Å². The molecule has 1 aliphatic heterocycles. The third-order valence-electron chi connectivity index (χ3n) is 4.46. The van der Waals surface area contributed by atoms with E-state index < -0.39 is 5.97 Å². The van der Waals surface area contributed by atoms with Crippen LogP contribution in [0.25, 0.3) is 0 Å². The fraction of sp³-hybridized carbons (Fsp3) is 0.333. The highest BCUT2D eigenvalue weighted by molar-refractivity contribution is 8.00. The van der Waals surface area contributed by atoms with E-state index in [1.54, 1.807) is 24.3 Å². The highest BCUT2D eigenvalue weighted by atomic mass is 32.2. The van der Waals surface area contributed by atoms with E-state index >= 15 is 0 Å². The van der Waals surface area contributed by atoms with Crippen LogP contribution in [-0.2, 0) is 5.41 Å². The topological polar surface area (TPSA) is 49.7 Å². The van der Waals surface area contributed by atoms with Crippen LogP contribution in [-0.4, -0.2) is 22.0 Å². The third-order valence-corrected chi connectivity index (χ3v) is 5.74. The smallest absolute Gasteiger partial charge is 0.335 e. The van der Waals surface area contributed by atoms with Gasteiger partial charge in [0.25, 0.3) is 0 Å². The maximum absolute atomic E-state index is 10.9. The number of aliphatic imine (C=N–C) groups is 1. The second-order valence-corrected chi connectivity index (χ2v) is 9.54. The number of aromatic carboxylic acids is 1. The van der Waals surface area contributed by atoms with Gasteiger partial charge in [-0.25, -0.2) is 4.79 Å². The van der Waals surface area contributed by atoms with Gasteiger partial charge < -0.3 is 5.11 Å². The quantitative estimate of drug-likeness (QED) is 0.721. The lowest BCUT2D eigenvalue weighted by Gasteiger charge is -2.41. The Morgan fingerprint density at radius 2 is 1.80 bits per heavy atom. The summed E-state index contributed by atoms with van der Waals surface area (Å²) in [7, 11) is 0. The third kappa shape index (κ3) is 3.96. The lowest BCUT2D eigenvalue weighted by molar-refractivity contribution is 0.0697. The Labute approximate surface area is 153 Å². The van der Waals surface area contributed by atoms with Crippen LogP contribution in [0.3, 0.4) is 0 Å². The average Bonchev–Trinajstić information content (AvgIpc) is 2.52. The van der Waals surface area contributed by atoms with E-state index in [-0.39, 0.29) is 15.7 Å². The summed E-state index contributed by atoms with van der Waals surface area (Å²) in [5.74, 6) is -0.923. The van der Waals surface area contributed by atoms with Crippen molar-refractivity contribution in [3.63, 3.8) is 0 Å². The molecule has 1 aliphatic rings. The molecule has 0 bridgehead atoms. The van der Waals surface area contributed by atoms with Gasteiger partial charge >= 0.3 is 5.97 Å². The van der Waals surface area contributed by atoms with Gasteiger partial charge in [-0.3, -0.25) is 4.99 Å². The summed E-state index contributed by atoms with van der Waals surface area (Å²) in [5, 5.41) is 8.94. The minimum atomic E-state index is -0.923. The summed E-state index contributed by atoms with van der Waals surface area (Å²) in [5.41, 5.74) is 3.60. The second kappa shape index (κ2) is 6.34. The first-order valence-corrected chi connectivity index (χ1v) is 9.19. The normalized spacial score (nSPS) is 18.1.